The summed E-state index contributed by atoms with van der Waals surface area (Å²) in [7, 11) is 0. The Hall–Kier alpha value is -1.22. The number of hydrogen-bond donors (Lipinski definition) is 1. The third kappa shape index (κ3) is 1.99. The van der Waals surface area contributed by atoms with E-state index in [2.05, 4.69) is 24.4 Å². The molecular weight excluding hydrogens is 178 g/mol. The lowest BCUT2D eigenvalue weighted by molar-refractivity contribution is 0.174. The van der Waals surface area contributed by atoms with E-state index in [0.29, 0.717) is 6.79 Å². The fraction of sp³-hybridized carbons (Fsp3) is 0.455. The summed E-state index contributed by atoms with van der Waals surface area (Å²) in [5.74, 6) is 1.73. The molecule has 3 heteroatoms. The Bertz CT molecular complexity index is 312. The summed E-state index contributed by atoms with van der Waals surface area (Å²) < 4.78 is 10.5. The number of nitrogens with one attached hydrogen (secondary N) is 1. The van der Waals surface area contributed by atoms with E-state index in [0.717, 1.165) is 31.0 Å². The van der Waals surface area contributed by atoms with Gasteiger partial charge in [-0.3, -0.25) is 0 Å². The largest absolute Gasteiger partial charge is 0.454 e. The smallest absolute Gasteiger partial charge is 0.231 e. The average molecular weight is 193 g/mol. The number of benzene rings is 1. The van der Waals surface area contributed by atoms with Crippen LogP contribution >= 0.6 is 0 Å². The number of fused-ring (bicyclic) bond motifs is 1. The fourth-order valence-electron chi connectivity index (χ4n) is 1.51. The Morgan fingerprint density at radius 1 is 1.29 bits per heavy atom. The quantitative estimate of drug-likeness (QED) is 0.736. The van der Waals surface area contributed by atoms with Gasteiger partial charge >= 0.3 is 0 Å². The number of likely N-dealkylation sites (N-methyl/N-ethyl adjacent to an activating group) is 1. The van der Waals surface area contributed by atoms with Crippen LogP contribution in [0.15, 0.2) is 18.2 Å². The van der Waals surface area contributed by atoms with Crippen LogP contribution in [0.5, 0.6) is 11.5 Å². The maximum Gasteiger partial charge on any atom is 0.231 e. The van der Waals surface area contributed by atoms with Crippen molar-refractivity contribution >= 4 is 0 Å². The van der Waals surface area contributed by atoms with Gasteiger partial charge in [-0.1, -0.05) is 13.0 Å². The van der Waals surface area contributed by atoms with Crippen molar-refractivity contribution in [2.75, 3.05) is 19.9 Å². The molecule has 0 spiro atoms. The van der Waals surface area contributed by atoms with Crippen molar-refractivity contribution in [2.45, 2.75) is 13.3 Å². The molecule has 0 unspecified atom stereocenters. The molecule has 1 aromatic carbocycles. The first-order chi connectivity index (χ1) is 6.90. The van der Waals surface area contributed by atoms with Crippen molar-refractivity contribution < 1.29 is 9.47 Å². The second-order valence-corrected chi connectivity index (χ2v) is 3.29. The third-order valence-electron chi connectivity index (χ3n) is 2.28. The summed E-state index contributed by atoms with van der Waals surface area (Å²) in [5.41, 5.74) is 1.29. The average Bonchev–Trinajstić information content (AvgIpc) is 2.65. The topological polar surface area (TPSA) is 30.5 Å². The van der Waals surface area contributed by atoms with Crippen molar-refractivity contribution in [3.8, 4) is 11.5 Å². The molecule has 14 heavy (non-hydrogen) atoms. The van der Waals surface area contributed by atoms with Crippen molar-refractivity contribution in [3.63, 3.8) is 0 Å². The zero-order valence-electron chi connectivity index (χ0n) is 8.38. The second-order valence-electron chi connectivity index (χ2n) is 3.29. The van der Waals surface area contributed by atoms with Crippen LogP contribution in [0, 0.1) is 0 Å². The molecule has 0 aliphatic carbocycles. The second kappa shape index (κ2) is 4.33. The summed E-state index contributed by atoms with van der Waals surface area (Å²) >= 11 is 0. The van der Waals surface area contributed by atoms with E-state index in [1.54, 1.807) is 0 Å². The first-order valence-corrected chi connectivity index (χ1v) is 4.99. The van der Waals surface area contributed by atoms with E-state index >= 15 is 0 Å². The van der Waals surface area contributed by atoms with E-state index in [1.807, 2.05) is 6.07 Å². The van der Waals surface area contributed by atoms with Gasteiger partial charge in [-0.25, -0.2) is 0 Å². The predicted octanol–water partition coefficient (Wildman–Crippen LogP) is 1.57. The molecule has 1 aliphatic rings. The van der Waals surface area contributed by atoms with Gasteiger partial charge in [0.05, 0.1) is 0 Å². The number of hydrogen-bond acceptors (Lipinski definition) is 3. The van der Waals surface area contributed by atoms with Crippen LogP contribution in [-0.2, 0) is 6.42 Å². The van der Waals surface area contributed by atoms with Gasteiger partial charge in [-0.15, -0.1) is 0 Å². The highest BCUT2D eigenvalue weighted by Crippen LogP contribution is 2.32. The van der Waals surface area contributed by atoms with Gasteiger partial charge in [0.2, 0.25) is 6.79 Å². The summed E-state index contributed by atoms with van der Waals surface area (Å²) in [6, 6.07) is 6.12. The Morgan fingerprint density at radius 3 is 3.00 bits per heavy atom. The Balaban J connectivity index is 1.98. The molecule has 1 heterocycles. The maximum absolute atomic E-state index is 5.30. The number of rotatable bonds is 4. The molecule has 2 rings (SSSR count). The zero-order valence-corrected chi connectivity index (χ0v) is 8.38. The van der Waals surface area contributed by atoms with Gasteiger partial charge < -0.3 is 14.8 Å². The van der Waals surface area contributed by atoms with Gasteiger partial charge in [0, 0.05) is 0 Å². The molecule has 0 atom stereocenters. The Kier molecular flexibility index (Phi) is 2.89. The lowest BCUT2D eigenvalue weighted by Crippen LogP contribution is -2.15. The summed E-state index contributed by atoms with van der Waals surface area (Å²) in [6.45, 7) is 4.49. The van der Waals surface area contributed by atoms with Crippen molar-refractivity contribution in [2.24, 2.45) is 0 Å². The van der Waals surface area contributed by atoms with Crippen LogP contribution in [0.2, 0.25) is 0 Å². The number of ether oxygens (including phenoxy) is 2. The molecule has 1 aliphatic heterocycles. The van der Waals surface area contributed by atoms with E-state index in [-0.39, 0.29) is 0 Å². The summed E-state index contributed by atoms with van der Waals surface area (Å²) in [6.07, 6.45) is 1.03. The molecule has 0 saturated heterocycles. The standard InChI is InChI=1S/C11H15NO2/c1-2-12-6-5-9-3-4-10-11(7-9)14-8-13-10/h3-4,7,12H,2,5-6,8H2,1H3. The molecule has 0 radical (unpaired) electrons. The molecule has 0 bridgehead atoms. The van der Waals surface area contributed by atoms with Crippen LogP contribution in [0.1, 0.15) is 12.5 Å². The fourth-order valence-corrected chi connectivity index (χ4v) is 1.51. The minimum atomic E-state index is 0.353. The minimum Gasteiger partial charge on any atom is -0.454 e. The Morgan fingerprint density at radius 2 is 2.14 bits per heavy atom. The molecule has 1 N–H and O–H groups in total. The van der Waals surface area contributed by atoms with Crippen molar-refractivity contribution in [3.05, 3.63) is 23.8 Å². The van der Waals surface area contributed by atoms with Crippen LogP contribution < -0.4 is 14.8 Å². The van der Waals surface area contributed by atoms with E-state index in [4.69, 9.17) is 9.47 Å². The minimum absolute atomic E-state index is 0.353. The monoisotopic (exact) mass is 193 g/mol. The van der Waals surface area contributed by atoms with Crippen LogP contribution in [0.25, 0.3) is 0 Å². The van der Waals surface area contributed by atoms with Gasteiger partial charge in [0.15, 0.2) is 11.5 Å². The molecule has 0 fully saturated rings. The lowest BCUT2D eigenvalue weighted by Gasteiger charge is -2.03. The van der Waals surface area contributed by atoms with E-state index < -0.39 is 0 Å². The van der Waals surface area contributed by atoms with Crippen molar-refractivity contribution in [1.29, 1.82) is 0 Å². The molecule has 0 aromatic heterocycles. The van der Waals surface area contributed by atoms with Gasteiger partial charge in [0.1, 0.15) is 0 Å². The normalized spacial score (nSPS) is 13.2. The highest BCUT2D eigenvalue weighted by atomic mass is 16.7. The molecule has 1 aromatic rings. The molecule has 76 valence electrons. The SMILES string of the molecule is CCNCCc1ccc2c(c1)OCO2. The van der Waals surface area contributed by atoms with Crippen LogP contribution in [0.4, 0.5) is 0 Å². The van der Waals surface area contributed by atoms with Gasteiger partial charge in [0.25, 0.3) is 0 Å². The van der Waals surface area contributed by atoms with E-state index in [9.17, 15) is 0 Å². The first kappa shape index (κ1) is 9.34. The highest BCUT2D eigenvalue weighted by molar-refractivity contribution is 5.44. The van der Waals surface area contributed by atoms with Crippen molar-refractivity contribution in [1.82, 2.24) is 5.32 Å². The third-order valence-corrected chi connectivity index (χ3v) is 2.28. The first-order valence-electron chi connectivity index (χ1n) is 4.99. The predicted molar refractivity (Wildman–Crippen MR) is 54.8 cm³/mol. The molecular formula is C11H15NO2. The Labute approximate surface area is 84.0 Å². The summed E-state index contributed by atoms with van der Waals surface area (Å²) in [4.78, 5) is 0. The molecule has 0 amide bonds. The maximum atomic E-state index is 5.30. The molecule has 3 nitrogen and oxygen atoms in total. The zero-order chi connectivity index (χ0) is 9.80. The highest BCUT2D eigenvalue weighted by Gasteiger charge is 2.12. The molecule has 0 saturated carbocycles. The van der Waals surface area contributed by atoms with Crippen LogP contribution in [0.3, 0.4) is 0 Å². The van der Waals surface area contributed by atoms with Gasteiger partial charge in [-0.05, 0) is 37.2 Å². The summed E-state index contributed by atoms with van der Waals surface area (Å²) in [5, 5.41) is 3.29. The van der Waals surface area contributed by atoms with Gasteiger partial charge in [-0.2, -0.15) is 0 Å². The lowest BCUT2D eigenvalue weighted by atomic mass is 10.1. The van der Waals surface area contributed by atoms with Crippen LogP contribution in [-0.4, -0.2) is 19.9 Å². The van der Waals surface area contributed by atoms with E-state index in [1.165, 1.54) is 5.56 Å².